The number of anilines is 1. The summed E-state index contributed by atoms with van der Waals surface area (Å²) >= 11 is 4.77. The minimum absolute atomic E-state index is 0.821. The van der Waals surface area contributed by atoms with Crippen LogP contribution in [0.3, 0.4) is 0 Å². The number of carbonyl (C=O) groups is 1. The van der Waals surface area contributed by atoms with Gasteiger partial charge < -0.3 is 0 Å². The van der Waals surface area contributed by atoms with Gasteiger partial charge in [-0.05, 0) is 28.1 Å². The van der Waals surface area contributed by atoms with Crippen LogP contribution < -0.4 is 5.06 Å². The molecule has 0 radical (unpaired) electrons. The van der Waals surface area contributed by atoms with Crippen molar-refractivity contribution >= 4 is 39.7 Å². The first-order chi connectivity index (χ1) is 6.71. The van der Waals surface area contributed by atoms with Crippen LogP contribution in [0.15, 0.2) is 29.2 Å². The van der Waals surface area contributed by atoms with E-state index in [1.807, 2.05) is 24.3 Å². The molecule has 1 aromatic rings. The topological polar surface area (TPSA) is 29.5 Å². The smallest absolute Gasteiger partial charge is 0.226 e. The summed E-state index contributed by atoms with van der Waals surface area (Å²) in [4.78, 5) is 17.2. The normalized spacial score (nSPS) is 24.9. The molecule has 2 rings (SSSR count). The van der Waals surface area contributed by atoms with Crippen molar-refractivity contribution in [2.45, 2.75) is 8.68 Å². The highest BCUT2D eigenvalue weighted by atomic mass is 79.9. The van der Waals surface area contributed by atoms with Gasteiger partial charge in [-0.15, -0.1) is 0 Å². The molecule has 0 fully saturated rings. The van der Waals surface area contributed by atoms with E-state index in [4.69, 9.17) is 4.84 Å². The molecule has 1 aliphatic heterocycles. The Labute approximate surface area is 94.5 Å². The van der Waals surface area contributed by atoms with Crippen LogP contribution in [0.2, 0.25) is 0 Å². The number of nitrogens with zero attached hydrogens (tertiary/aromatic N) is 1. The van der Waals surface area contributed by atoms with Gasteiger partial charge in [0.15, 0.2) is 6.29 Å². The van der Waals surface area contributed by atoms with Crippen molar-refractivity contribution in [1.82, 2.24) is 0 Å². The van der Waals surface area contributed by atoms with E-state index in [1.54, 1.807) is 12.2 Å². The number of hydroxylamine groups is 1. The highest BCUT2D eigenvalue weighted by Gasteiger charge is 2.43. The van der Waals surface area contributed by atoms with E-state index in [1.165, 1.54) is 11.8 Å². The summed E-state index contributed by atoms with van der Waals surface area (Å²) in [6, 6.07) is 7.72. The number of para-hydroxylation sites is 1. The molecule has 0 saturated heterocycles. The summed E-state index contributed by atoms with van der Waals surface area (Å²) in [5, 5.41) is 1.56. The highest BCUT2D eigenvalue weighted by molar-refractivity contribution is 9.12. The third-order valence-electron chi connectivity index (χ3n) is 1.94. The van der Waals surface area contributed by atoms with E-state index < -0.39 is 3.78 Å². The van der Waals surface area contributed by atoms with Crippen molar-refractivity contribution in [3.05, 3.63) is 24.3 Å². The second-order valence-electron chi connectivity index (χ2n) is 2.77. The summed E-state index contributed by atoms with van der Waals surface area (Å²) in [5.41, 5.74) is 0.906. The van der Waals surface area contributed by atoms with Crippen molar-refractivity contribution in [3.8, 4) is 0 Å². The number of halogens is 1. The Hall–Kier alpha value is -0.520. The van der Waals surface area contributed by atoms with Gasteiger partial charge in [0, 0.05) is 4.90 Å². The molecule has 1 unspecified atom stereocenters. The lowest BCUT2D eigenvalue weighted by Crippen LogP contribution is -2.38. The first kappa shape index (κ1) is 10.0. The van der Waals surface area contributed by atoms with Crippen molar-refractivity contribution < 1.29 is 9.63 Å². The zero-order valence-electron chi connectivity index (χ0n) is 7.44. The third-order valence-corrected chi connectivity index (χ3v) is 4.05. The maximum atomic E-state index is 11.0. The predicted molar refractivity (Wildman–Crippen MR) is 59.5 cm³/mol. The SMILES string of the molecule is CON1c2ccccc2SC1(Br)C=O. The molecule has 1 aliphatic rings. The average Bonchev–Trinajstić information content (AvgIpc) is 2.50. The van der Waals surface area contributed by atoms with Gasteiger partial charge >= 0.3 is 0 Å². The van der Waals surface area contributed by atoms with Crippen LogP contribution in [-0.2, 0) is 9.63 Å². The second kappa shape index (κ2) is 3.56. The van der Waals surface area contributed by atoms with Gasteiger partial charge in [-0.2, -0.15) is 0 Å². The number of thioether (sulfide) groups is 1. The zero-order valence-corrected chi connectivity index (χ0v) is 9.84. The van der Waals surface area contributed by atoms with E-state index in [9.17, 15) is 4.79 Å². The highest BCUT2D eigenvalue weighted by Crippen LogP contribution is 2.52. The van der Waals surface area contributed by atoms with Crippen molar-refractivity contribution in [3.63, 3.8) is 0 Å². The predicted octanol–water partition coefficient (Wildman–Crippen LogP) is 2.41. The van der Waals surface area contributed by atoms with E-state index in [2.05, 4.69) is 15.9 Å². The number of hydrogen-bond acceptors (Lipinski definition) is 4. The van der Waals surface area contributed by atoms with E-state index in [0.717, 1.165) is 16.9 Å². The monoisotopic (exact) mass is 273 g/mol. The van der Waals surface area contributed by atoms with Gasteiger partial charge in [0.2, 0.25) is 3.78 Å². The van der Waals surface area contributed by atoms with E-state index in [-0.39, 0.29) is 0 Å². The summed E-state index contributed by atoms with van der Waals surface area (Å²) in [6.07, 6.45) is 0.821. The molecular weight excluding hydrogens is 266 g/mol. The molecule has 1 atom stereocenters. The summed E-state index contributed by atoms with van der Waals surface area (Å²) in [5.74, 6) is 0. The Morgan fingerprint density at radius 3 is 2.93 bits per heavy atom. The average molecular weight is 274 g/mol. The van der Waals surface area contributed by atoms with Crippen LogP contribution >= 0.6 is 27.7 Å². The van der Waals surface area contributed by atoms with Gasteiger partial charge in [-0.1, -0.05) is 23.9 Å². The first-order valence-corrected chi connectivity index (χ1v) is 5.60. The van der Waals surface area contributed by atoms with E-state index >= 15 is 0 Å². The summed E-state index contributed by atoms with van der Waals surface area (Å²) in [7, 11) is 1.54. The molecule has 0 bridgehead atoms. The molecule has 0 N–H and O–H groups in total. The van der Waals surface area contributed by atoms with E-state index in [0.29, 0.717) is 0 Å². The van der Waals surface area contributed by atoms with Crippen LogP contribution in [0.1, 0.15) is 0 Å². The fourth-order valence-electron chi connectivity index (χ4n) is 1.37. The molecule has 0 aromatic heterocycles. The first-order valence-electron chi connectivity index (χ1n) is 3.99. The molecule has 1 aromatic carbocycles. The maximum Gasteiger partial charge on any atom is 0.226 e. The minimum Gasteiger partial charge on any atom is -0.299 e. The second-order valence-corrected chi connectivity index (χ2v) is 5.77. The fraction of sp³-hybridized carbons (Fsp3) is 0.222. The lowest BCUT2D eigenvalue weighted by molar-refractivity contribution is -0.109. The molecule has 0 spiro atoms. The maximum absolute atomic E-state index is 11.0. The molecule has 1 heterocycles. The Balaban J connectivity index is 2.48. The van der Waals surface area contributed by atoms with Gasteiger partial charge in [-0.3, -0.25) is 9.63 Å². The van der Waals surface area contributed by atoms with Crippen molar-refractivity contribution in [1.29, 1.82) is 0 Å². The van der Waals surface area contributed by atoms with Crippen LogP contribution in [-0.4, -0.2) is 17.2 Å². The zero-order chi connectivity index (χ0) is 10.2. The number of rotatable bonds is 2. The van der Waals surface area contributed by atoms with Crippen LogP contribution in [0.4, 0.5) is 5.69 Å². The third kappa shape index (κ3) is 1.36. The van der Waals surface area contributed by atoms with Crippen molar-refractivity contribution in [2.24, 2.45) is 0 Å². The molecule has 3 nitrogen and oxygen atoms in total. The summed E-state index contributed by atoms with van der Waals surface area (Å²) in [6.45, 7) is 0. The largest absolute Gasteiger partial charge is 0.299 e. The Morgan fingerprint density at radius 1 is 1.57 bits per heavy atom. The Morgan fingerprint density at radius 2 is 2.29 bits per heavy atom. The quantitative estimate of drug-likeness (QED) is 0.470. The van der Waals surface area contributed by atoms with Crippen LogP contribution in [0.25, 0.3) is 0 Å². The number of alkyl halides is 1. The van der Waals surface area contributed by atoms with Gasteiger partial charge in [-0.25, -0.2) is 5.06 Å². The standard InChI is InChI=1S/C9H8BrNO2S/c1-13-11-7-4-2-3-5-8(7)14-9(11,10)6-12/h2-6H,1H3. The lowest BCUT2D eigenvalue weighted by atomic mass is 10.3. The van der Waals surface area contributed by atoms with Crippen LogP contribution in [0.5, 0.6) is 0 Å². The van der Waals surface area contributed by atoms with Gasteiger partial charge in [0.05, 0.1) is 12.8 Å². The molecule has 74 valence electrons. The number of hydrogen-bond donors (Lipinski definition) is 0. The molecule has 5 heteroatoms. The number of fused-ring (bicyclic) bond motifs is 1. The molecule has 0 amide bonds. The number of carbonyl (C=O) groups excluding carboxylic acids is 1. The summed E-state index contributed by atoms with van der Waals surface area (Å²) < 4.78 is -0.828. The number of aldehydes is 1. The van der Waals surface area contributed by atoms with Crippen molar-refractivity contribution in [2.75, 3.05) is 12.2 Å². The molecule has 14 heavy (non-hydrogen) atoms. The fourth-order valence-corrected chi connectivity index (χ4v) is 3.24. The molecule has 0 aliphatic carbocycles. The molecule has 0 saturated carbocycles. The van der Waals surface area contributed by atoms with Gasteiger partial charge in [0.1, 0.15) is 0 Å². The molecular formula is C9H8BrNO2S. The number of benzene rings is 1. The van der Waals surface area contributed by atoms with Gasteiger partial charge in [0.25, 0.3) is 0 Å². The van der Waals surface area contributed by atoms with Crippen LogP contribution in [0, 0.1) is 0 Å². The lowest BCUT2D eigenvalue weighted by Gasteiger charge is -2.26. The Bertz CT molecular complexity index is 374. The minimum atomic E-state index is -0.828. The Kier molecular flexibility index (Phi) is 2.55.